The number of aromatic nitrogens is 1. The van der Waals surface area contributed by atoms with Gasteiger partial charge in [0, 0.05) is 41.4 Å². The molecule has 2 aliphatic rings. The molecule has 2 aliphatic carbocycles. The van der Waals surface area contributed by atoms with Gasteiger partial charge in [-0.2, -0.15) is 0 Å². The molecule has 2 saturated carbocycles. The Labute approximate surface area is 185 Å². The maximum Gasteiger partial charge on any atom is 2.00 e. The summed E-state index contributed by atoms with van der Waals surface area (Å²) in [5.74, 6) is 1.32. The molecule has 3 nitrogen and oxygen atoms in total. The molecular weight excluding hydrogens is 410 g/mol. The van der Waals surface area contributed by atoms with Gasteiger partial charge in [-0.25, -0.2) is 0 Å². The Kier molecular flexibility index (Phi) is 10.6. The van der Waals surface area contributed by atoms with Crippen LogP contribution >= 0.6 is 11.6 Å². The van der Waals surface area contributed by atoms with Crippen molar-refractivity contribution in [3.8, 4) is 0 Å². The van der Waals surface area contributed by atoms with Crippen molar-refractivity contribution < 1.29 is 17.1 Å². The maximum absolute atomic E-state index is 6.02. The molecule has 2 N–H and O–H groups in total. The third kappa shape index (κ3) is 7.55. The summed E-state index contributed by atoms with van der Waals surface area (Å²) in [6, 6.07) is 8.12. The standard InChI is InChI=1S/C18H19ClN3.C5H5.Fe/c1-13(11-20-12-14-4-2-3-5-14)22-17-8-9-21-18-10-15(19)6-7-16(17)18;1-2-4-5-3-1;/h2-10,13,20H,11-12H2,1H3,(H,21,22);1-5H;/q;;+2. The van der Waals surface area contributed by atoms with E-state index < -0.39 is 0 Å². The minimum atomic E-state index is 0. The van der Waals surface area contributed by atoms with Crippen LogP contribution in [0.5, 0.6) is 0 Å². The van der Waals surface area contributed by atoms with Gasteiger partial charge in [0.15, 0.2) is 0 Å². The summed E-state index contributed by atoms with van der Waals surface area (Å²) in [6.07, 6.45) is 20.2. The average Bonchev–Trinajstić information content (AvgIpc) is 3.38. The van der Waals surface area contributed by atoms with E-state index in [0.717, 1.165) is 29.7 Å². The number of halogens is 1. The second-order valence-corrected chi connectivity index (χ2v) is 6.89. The van der Waals surface area contributed by atoms with Crippen LogP contribution in [0.4, 0.5) is 5.69 Å². The van der Waals surface area contributed by atoms with Crippen LogP contribution in [0.1, 0.15) is 6.92 Å². The molecule has 0 saturated heterocycles. The second-order valence-electron chi connectivity index (χ2n) is 6.45. The molecule has 1 aromatic carbocycles. The van der Waals surface area contributed by atoms with E-state index in [-0.39, 0.29) is 17.1 Å². The monoisotopic (exact) mass is 433 g/mol. The van der Waals surface area contributed by atoms with Gasteiger partial charge in [-0.3, -0.25) is 4.98 Å². The second kappa shape index (κ2) is 12.7. The fourth-order valence-electron chi connectivity index (χ4n) is 2.85. The minimum Gasteiger partial charge on any atom is -0.381 e. The Bertz CT molecular complexity index is 692. The van der Waals surface area contributed by atoms with E-state index in [1.807, 2.05) is 62.6 Å². The van der Waals surface area contributed by atoms with Gasteiger partial charge in [-0.15, -0.1) is 0 Å². The van der Waals surface area contributed by atoms with Crippen molar-refractivity contribution in [2.75, 3.05) is 18.4 Å². The van der Waals surface area contributed by atoms with Crippen molar-refractivity contribution in [1.29, 1.82) is 0 Å². The fourth-order valence-corrected chi connectivity index (χ4v) is 3.02. The molecule has 1 atom stereocenters. The van der Waals surface area contributed by atoms with Crippen molar-refractivity contribution in [3.63, 3.8) is 0 Å². The Morgan fingerprint density at radius 2 is 1.64 bits per heavy atom. The number of anilines is 1. The Morgan fingerprint density at radius 3 is 2.32 bits per heavy atom. The van der Waals surface area contributed by atoms with Crippen molar-refractivity contribution in [3.05, 3.63) is 99.2 Å². The molecule has 5 heteroatoms. The molecule has 10 radical (unpaired) electrons. The van der Waals surface area contributed by atoms with Gasteiger partial charge in [-0.05, 0) is 94.9 Å². The van der Waals surface area contributed by atoms with Gasteiger partial charge in [0.2, 0.25) is 0 Å². The van der Waals surface area contributed by atoms with Crippen LogP contribution in [0.3, 0.4) is 0 Å². The van der Waals surface area contributed by atoms with Crippen LogP contribution in [-0.4, -0.2) is 24.1 Å². The zero-order valence-corrected chi connectivity index (χ0v) is 17.6. The predicted molar refractivity (Wildman–Crippen MR) is 115 cm³/mol. The van der Waals surface area contributed by atoms with Crippen LogP contribution in [0.2, 0.25) is 5.02 Å². The number of nitrogens with one attached hydrogen (secondary N) is 2. The van der Waals surface area contributed by atoms with Crippen LogP contribution in [0.25, 0.3) is 10.9 Å². The summed E-state index contributed by atoms with van der Waals surface area (Å²) in [5, 5.41) is 8.81. The number of hydrogen-bond acceptors (Lipinski definition) is 3. The van der Waals surface area contributed by atoms with Crippen LogP contribution in [0, 0.1) is 63.7 Å². The zero-order valence-electron chi connectivity index (χ0n) is 15.8. The molecule has 4 rings (SSSR count). The Morgan fingerprint density at radius 1 is 0.964 bits per heavy atom. The molecule has 1 heterocycles. The van der Waals surface area contributed by atoms with E-state index in [9.17, 15) is 0 Å². The van der Waals surface area contributed by atoms with E-state index in [0.29, 0.717) is 11.1 Å². The van der Waals surface area contributed by atoms with Gasteiger partial charge >= 0.3 is 17.1 Å². The molecule has 2 fully saturated rings. The van der Waals surface area contributed by atoms with Crippen molar-refractivity contribution in [2.24, 2.45) is 0 Å². The normalized spacial score (nSPS) is 17.6. The molecule has 0 spiro atoms. The van der Waals surface area contributed by atoms with Gasteiger partial charge in [0.05, 0.1) is 5.52 Å². The molecule has 0 amide bonds. The van der Waals surface area contributed by atoms with Crippen molar-refractivity contribution >= 4 is 28.2 Å². The number of rotatable bonds is 6. The summed E-state index contributed by atoms with van der Waals surface area (Å²) < 4.78 is 0. The predicted octanol–water partition coefficient (Wildman–Crippen LogP) is 4.70. The van der Waals surface area contributed by atoms with Crippen molar-refractivity contribution in [1.82, 2.24) is 10.3 Å². The van der Waals surface area contributed by atoms with Gasteiger partial charge in [-0.1, -0.05) is 11.6 Å². The van der Waals surface area contributed by atoms with E-state index >= 15 is 0 Å². The number of fused-ring (bicyclic) bond motifs is 1. The van der Waals surface area contributed by atoms with Crippen LogP contribution < -0.4 is 10.6 Å². The zero-order chi connectivity index (χ0) is 18.9. The first-order valence-electron chi connectivity index (χ1n) is 9.11. The smallest absolute Gasteiger partial charge is 0.381 e. The summed E-state index contributed by atoms with van der Waals surface area (Å²) in [7, 11) is 0. The van der Waals surface area contributed by atoms with E-state index in [1.54, 1.807) is 0 Å². The number of pyridine rings is 1. The minimum absolute atomic E-state index is 0. The SMILES string of the molecule is CC(CNC[C]1[CH][CH][CH][CH]1)Nc1ccnc2cc(Cl)ccc12.[CH]1[CH][CH][CH][CH]1.[Fe+2]. The summed E-state index contributed by atoms with van der Waals surface area (Å²) >= 11 is 6.02. The van der Waals surface area contributed by atoms with Crippen LogP contribution in [-0.2, 0) is 17.1 Å². The molecule has 2 aromatic rings. The number of hydrogen-bond donors (Lipinski definition) is 2. The van der Waals surface area contributed by atoms with Gasteiger partial charge < -0.3 is 10.6 Å². The van der Waals surface area contributed by atoms with Gasteiger partial charge in [0.1, 0.15) is 0 Å². The first-order valence-corrected chi connectivity index (χ1v) is 9.49. The summed E-state index contributed by atoms with van der Waals surface area (Å²) in [4.78, 5) is 4.37. The molecule has 144 valence electrons. The first kappa shape index (κ1) is 23.5. The molecule has 0 bridgehead atoms. The number of benzene rings is 1. The quantitative estimate of drug-likeness (QED) is 0.648. The third-order valence-corrected chi connectivity index (χ3v) is 4.41. The van der Waals surface area contributed by atoms with Gasteiger partial charge in [0.25, 0.3) is 0 Å². The van der Waals surface area contributed by atoms with Crippen LogP contribution in [0.15, 0.2) is 30.5 Å². The average molecular weight is 434 g/mol. The summed E-state index contributed by atoms with van der Waals surface area (Å²) in [5.41, 5.74) is 2.00. The topological polar surface area (TPSA) is 37.0 Å². The fraction of sp³-hybridized carbons (Fsp3) is 0.174. The largest absolute Gasteiger partial charge is 2.00 e. The molecule has 1 aromatic heterocycles. The number of nitrogens with zero attached hydrogens (tertiary/aromatic N) is 1. The first-order chi connectivity index (χ1) is 13.2. The van der Waals surface area contributed by atoms with Crippen molar-refractivity contribution in [2.45, 2.75) is 13.0 Å². The summed E-state index contributed by atoms with van der Waals surface area (Å²) in [6.45, 7) is 3.95. The van der Waals surface area contributed by atoms with E-state index in [1.165, 1.54) is 5.92 Å². The van der Waals surface area contributed by atoms with E-state index in [4.69, 9.17) is 11.6 Å². The molecule has 1 unspecified atom stereocenters. The Hall–Kier alpha value is -0.801. The Balaban J connectivity index is 0.000000408. The van der Waals surface area contributed by atoms with E-state index in [2.05, 4.69) is 48.2 Å². The third-order valence-electron chi connectivity index (χ3n) is 4.17. The molecule has 28 heavy (non-hydrogen) atoms. The molecule has 0 aliphatic heterocycles. The molecular formula is C23H24ClFeN3+2. The maximum atomic E-state index is 6.02.